The van der Waals surface area contributed by atoms with Gasteiger partial charge in [0.1, 0.15) is 0 Å². The zero-order chi connectivity index (χ0) is 17.5. The molecule has 0 radical (unpaired) electrons. The van der Waals surface area contributed by atoms with E-state index in [0.29, 0.717) is 15.6 Å². The number of nitrogens with one attached hydrogen (secondary N) is 1. The fraction of sp³-hybridized carbons (Fsp3) is 0.214. The number of hydrogen-bond donors (Lipinski definition) is 1. The minimum atomic E-state index is -4.44. The van der Waals surface area contributed by atoms with Crippen LogP contribution in [0.2, 0.25) is 5.02 Å². The van der Waals surface area contributed by atoms with Crippen LogP contribution in [0.5, 0.6) is 0 Å². The maximum absolute atomic E-state index is 12.8. The van der Waals surface area contributed by atoms with Gasteiger partial charge in [-0.15, -0.1) is 11.3 Å². The summed E-state index contributed by atoms with van der Waals surface area (Å²) in [4.78, 5) is 17.7. The van der Waals surface area contributed by atoms with E-state index in [9.17, 15) is 18.0 Å². The summed E-state index contributed by atoms with van der Waals surface area (Å²) in [7, 11) is 0. The summed E-state index contributed by atoms with van der Waals surface area (Å²) in [6.07, 6.45) is -2.78. The summed E-state index contributed by atoms with van der Waals surface area (Å²) in [5.74, 6) is -0.0456. The summed E-state index contributed by atoms with van der Waals surface area (Å²) in [6.45, 7) is 0. The van der Waals surface area contributed by atoms with Gasteiger partial charge in [0.05, 0.1) is 11.3 Å². The number of nitrogens with zero attached hydrogens (tertiary/aromatic N) is 2. The van der Waals surface area contributed by atoms with Crippen LogP contribution in [0.3, 0.4) is 0 Å². The topological polar surface area (TPSA) is 57.1 Å². The predicted octanol–water partition coefficient (Wildman–Crippen LogP) is 4.42. The van der Waals surface area contributed by atoms with Gasteiger partial charge in [-0.3, -0.25) is 10.2 Å². The van der Waals surface area contributed by atoms with Crippen molar-refractivity contribution >= 4 is 50.9 Å². The van der Waals surface area contributed by atoms with Crippen molar-refractivity contribution in [3.05, 3.63) is 45.4 Å². The Morgan fingerprint density at radius 1 is 1.38 bits per heavy atom. The molecule has 1 aromatic carbocycles. The zero-order valence-corrected chi connectivity index (χ0v) is 14.2. The van der Waals surface area contributed by atoms with Crippen LogP contribution in [0, 0.1) is 5.41 Å². The molecular formula is C14H9ClF3N3OS2. The number of hydrogen-bond acceptors (Lipinski definition) is 5. The van der Waals surface area contributed by atoms with Crippen molar-refractivity contribution in [2.45, 2.75) is 12.6 Å². The van der Waals surface area contributed by atoms with Crippen LogP contribution in [0.4, 0.5) is 18.3 Å². The van der Waals surface area contributed by atoms with E-state index >= 15 is 0 Å². The van der Waals surface area contributed by atoms with Crippen LogP contribution in [-0.4, -0.2) is 21.8 Å². The van der Waals surface area contributed by atoms with Crippen molar-refractivity contribution in [1.29, 1.82) is 5.41 Å². The predicted molar refractivity (Wildman–Crippen MR) is 89.0 cm³/mol. The molecule has 0 bridgehead atoms. The number of amides is 1. The molecule has 0 aliphatic carbocycles. The van der Waals surface area contributed by atoms with Crippen molar-refractivity contribution in [1.82, 2.24) is 4.98 Å². The van der Waals surface area contributed by atoms with Crippen molar-refractivity contribution < 1.29 is 18.0 Å². The molecule has 2 heterocycles. The number of carbonyl (C=O) groups is 1. The molecule has 0 saturated carbocycles. The van der Waals surface area contributed by atoms with Crippen LogP contribution in [0.25, 0.3) is 0 Å². The second-order valence-electron chi connectivity index (χ2n) is 4.91. The number of halogens is 4. The van der Waals surface area contributed by atoms with Gasteiger partial charge in [0.15, 0.2) is 10.3 Å². The molecule has 10 heteroatoms. The highest BCUT2D eigenvalue weighted by atomic mass is 35.5. The van der Waals surface area contributed by atoms with E-state index in [-0.39, 0.29) is 28.3 Å². The number of alkyl halides is 3. The number of amidine groups is 1. The molecule has 126 valence electrons. The fourth-order valence-electron chi connectivity index (χ4n) is 2.12. The summed E-state index contributed by atoms with van der Waals surface area (Å²) >= 11 is 8.25. The maximum Gasteiger partial charge on any atom is 0.416 e. The van der Waals surface area contributed by atoms with Crippen LogP contribution < -0.4 is 4.90 Å². The molecule has 3 rings (SSSR count). The first-order valence-corrected chi connectivity index (χ1v) is 8.78. The molecule has 1 amide bonds. The lowest BCUT2D eigenvalue weighted by atomic mass is 10.1. The Kier molecular flexibility index (Phi) is 4.58. The van der Waals surface area contributed by atoms with E-state index in [0.717, 1.165) is 35.2 Å². The molecule has 4 nitrogen and oxygen atoms in total. The summed E-state index contributed by atoms with van der Waals surface area (Å²) in [5.41, 5.74) is -0.432. The SMILES string of the molecule is N=C1SCC(=O)N1c1ncc(Cc2cc(C(F)(F)F)ccc2Cl)s1. The van der Waals surface area contributed by atoms with E-state index in [1.165, 1.54) is 17.2 Å². The number of thiazole rings is 1. The van der Waals surface area contributed by atoms with Gasteiger partial charge in [0, 0.05) is 22.5 Å². The van der Waals surface area contributed by atoms with E-state index in [1.54, 1.807) is 0 Å². The Morgan fingerprint density at radius 2 is 2.12 bits per heavy atom. The highest BCUT2D eigenvalue weighted by Crippen LogP contribution is 2.34. The average molecular weight is 392 g/mol. The van der Waals surface area contributed by atoms with Crippen LogP contribution in [0.1, 0.15) is 16.0 Å². The van der Waals surface area contributed by atoms with Crippen LogP contribution >= 0.6 is 34.7 Å². The van der Waals surface area contributed by atoms with Crippen molar-refractivity contribution in [2.24, 2.45) is 0 Å². The van der Waals surface area contributed by atoms with Gasteiger partial charge < -0.3 is 0 Å². The Bertz CT molecular complexity index is 806. The lowest BCUT2D eigenvalue weighted by Crippen LogP contribution is -2.28. The molecule has 1 aliphatic heterocycles. The number of rotatable bonds is 3. The minimum absolute atomic E-state index is 0.0954. The molecule has 1 N–H and O–H groups in total. The van der Waals surface area contributed by atoms with Gasteiger partial charge in [-0.2, -0.15) is 13.2 Å². The normalized spacial score (nSPS) is 15.4. The first kappa shape index (κ1) is 17.2. The van der Waals surface area contributed by atoms with Gasteiger partial charge in [0.2, 0.25) is 5.91 Å². The molecule has 1 aromatic heterocycles. The van der Waals surface area contributed by atoms with Crippen molar-refractivity contribution in [2.75, 3.05) is 10.7 Å². The molecule has 0 atom stereocenters. The lowest BCUT2D eigenvalue weighted by molar-refractivity contribution is -0.137. The van der Waals surface area contributed by atoms with Gasteiger partial charge >= 0.3 is 6.18 Å². The monoisotopic (exact) mass is 391 g/mol. The Hall–Kier alpha value is -1.58. The molecule has 1 aliphatic rings. The third-order valence-electron chi connectivity index (χ3n) is 3.26. The molecular weight excluding hydrogens is 383 g/mol. The van der Waals surface area contributed by atoms with Gasteiger partial charge in [-0.25, -0.2) is 9.88 Å². The maximum atomic E-state index is 12.8. The molecule has 1 fully saturated rings. The fourth-order valence-corrected chi connectivity index (χ4v) is 4.03. The lowest BCUT2D eigenvalue weighted by Gasteiger charge is -2.10. The number of thioether (sulfide) groups is 1. The Balaban J connectivity index is 1.85. The Morgan fingerprint density at radius 3 is 2.75 bits per heavy atom. The number of anilines is 1. The molecule has 24 heavy (non-hydrogen) atoms. The molecule has 0 spiro atoms. The molecule has 0 unspecified atom stereocenters. The average Bonchev–Trinajstić information content (AvgIpc) is 3.07. The Labute approximate surface area is 148 Å². The van der Waals surface area contributed by atoms with Gasteiger partial charge in [-0.1, -0.05) is 23.4 Å². The third-order valence-corrected chi connectivity index (χ3v) is 5.45. The third kappa shape index (κ3) is 3.42. The number of benzene rings is 1. The standard InChI is InChI=1S/C14H9ClF3N3OS2/c15-10-2-1-8(14(16,17)18)3-7(10)4-9-5-20-13(24-9)21-11(22)6-23-12(21)19/h1-3,5,19H,4,6H2. The van der Waals surface area contributed by atoms with Crippen molar-refractivity contribution in [3.8, 4) is 0 Å². The number of aromatic nitrogens is 1. The first-order chi connectivity index (χ1) is 11.3. The van der Waals surface area contributed by atoms with Crippen molar-refractivity contribution in [3.63, 3.8) is 0 Å². The van der Waals surface area contributed by atoms with Crippen LogP contribution in [0.15, 0.2) is 24.4 Å². The minimum Gasteiger partial charge on any atom is -0.278 e. The number of carbonyl (C=O) groups excluding carboxylic acids is 1. The van der Waals surface area contributed by atoms with Crippen LogP contribution in [-0.2, 0) is 17.4 Å². The summed E-state index contributed by atoms with van der Waals surface area (Å²) < 4.78 is 38.4. The van der Waals surface area contributed by atoms with E-state index < -0.39 is 11.7 Å². The molecule has 1 saturated heterocycles. The van der Waals surface area contributed by atoms with Gasteiger partial charge in [-0.05, 0) is 23.8 Å². The van der Waals surface area contributed by atoms with E-state index in [2.05, 4.69) is 4.98 Å². The van der Waals surface area contributed by atoms with Gasteiger partial charge in [0.25, 0.3) is 0 Å². The van der Waals surface area contributed by atoms with E-state index in [4.69, 9.17) is 17.0 Å². The largest absolute Gasteiger partial charge is 0.416 e. The second-order valence-corrected chi connectivity index (χ2v) is 7.38. The second kappa shape index (κ2) is 6.38. The summed E-state index contributed by atoms with van der Waals surface area (Å²) in [5, 5.41) is 8.39. The highest BCUT2D eigenvalue weighted by molar-refractivity contribution is 8.15. The quantitative estimate of drug-likeness (QED) is 0.842. The first-order valence-electron chi connectivity index (χ1n) is 6.60. The molecule has 2 aromatic rings. The highest BCUT2D eigenvalue weighted by Gasteiger charge is 2.32. The zero-order valence-electron chi connectivity index (χ0n) is 11.9. The smallest absolute Gasteiger partial charge is 0.278 e. The van der Waals surface area contributed by atoms with E-state index in [1.807, 2.05) is 0 Å². The summed E-state index contributed by atoms with van der Waals surface area (Å²) in [6, 6.07) is 3.17.